The van der Waals surface area contributed by atoms with Gasteiger partial charge in [-0.3, -0.25) is 10.1 Å². The van der Waals surface area contributed by atoms with Crippen molar-refractivity contribution in [3.8, 4) is 6.07 Å². The molecule has 0 unspecified atom stereocenters. The SMILES string of the molecule is N#Cc1c(C2=CCC=C([N+](=O)[O-])C=C2)csc1N. The number of nitrogens with zero attached hydrogens (tertiary/aromatic N) is 2. The van der Waals surface area contributed by atoms with E-state index in [0.717, 1.165) is 11.1 Å². The van der Waals surface area contributed by atoms with E-state index in [1.54, 1.807) is 11.5 Å². The number of anilines is 1. The van der Waals surface area contributed by atoms with E-state index in [1.807, 2.05) is 6.08 Å². The molecule has 1 aliphatic carbocycles. The molecule has 1 aromatic heterocycles. The Morgan fingerprint density at radius 1 is 1.44 bits per heavy atom. The Morgan fingerprint density at radius 3 is 2.89 bits per heavy atom. The summed E-state index contributed by atoms with van der Waals surface area (Å²) in [6.45, 7) is 0. The number of hydrogen-bond acceptors (Lipinski definition) is 5. The quantitative estimate of drug-likeness (QED) is 0.652. The van der Waals surface area contributed by atoms with Crippen molar-refractivity contribution in [1.29, 1.82) is 5.26 Å². The van der Waals surface area contributed by atoms with Gasteiger partial charge in [-0.1, -0.05) is 6.08 Å². The first-order valence-electron chi connectivity index (χ1n) is 5.13. The molecule has 1 aliphatic rings. The molecule has 0 saturated heterocycles. The molecule has 1 aromatic rings. The van der Waals surface area contributed by atoms with E-state index < -0.39 is 4.92 Å². The van der Waals surface area contributed by atoms with Crippen LogP contribution in [0.2, 0.25) is 0 Å². The second-order valence-electron chi connectivity index (χ2n) is 3.62. The zero-order chi connectivity index (χ0) is 13.1. The van der Waals surface area contributed by atoms with Crippen molar-refractivity contribution >= 4 is 21.9 Å². The number of thiophene rings is 1. The molecule has 6 heteroatoms. The van der Waals surface area contributed by atoms with Gasteiger partial charge in [-0.05, 0) is 24.1 Å². The Bertz CT molecular complexity index is 632. The zero-order valence-corrected chi connectivity index (χ0v) is 10.1. The van der Waals surface area contributed by atoms with Crippen LogP contribution < -0.4 is 5.73 Å². The zero-order valence-electron chi connectivity index (χ0n) is 9.29. The molecule has 0 spiro atoms. The molecule has 0 radical (unpaired) electrons. The molecule has 0 bridgehead atoms. The van der Waals surface area contributed by atoms with Crippen LogP contribution in [0.5, 0.6) is 0 Å². The summed E-state index contributed by atoms with van der Waals surface area (Å²) in [5.41, 5.74) is 7.70. The predicted octanol–water partition coefficient (Wildman–Crippen LogP) is 2.71. The minimum absolute atomic E-state index is 0.0583. The van der Waals surface area contributed by atoms with Gasteiger partial charge in [0.1, 0.15) is 11.1 Å². The van der Waals surface area contributed by atoms with Crippen LogP contribution in [0.3, 0.4) is 0 Å². The van der Waals surface area contributed by atoms with Crippen molar-refractivity contribution in [2.75, 3.05) is 5.73 Å². The Labute approximate surface area is 107 Å². The lowest BCUT2D eigenvalue weighted by Gasteiger charge is -1.98. The lowest BCUT2D eigenvalue weighted by molar-refractivity contribution is -0.419. The lowest BCUT2D eigenvalue weighted by Crippen LogP contribution is -1.94. The van der Waals surface area contributed by atoms with Crippen molar-refractivity contribution in [3.05, 3.63) is 56.6 Å². The molecular formula is C12H9N3O2S. The first-order chi connectivity index (χ1) is 8.63. The smallest absolute Gasteiger partial charge is 0.265 e. The van der Waals surface area contributed by atoms with Gasteiger partial charge in [-0.15, -0.1) is 11.3 Å². The van der Waals surface area contributed by atoms with E-state index in [2.05, 4.69) is 6.07 Å². The summed E-state index contributed by atoms with van der Waals surface area (Å²) >= 11 is 1.29. The summed E-state index contributed by atoms with van der Waals surface area (Å²) in [5, 5.41) is 22.0. The highest BCUT2D eigenvalue weighted by molar-refractivity contribution is 7.14. The molecule has 2 rings (SSSR count). The summed E-state index contributed by atoms with van der Waals surface area (Å²) in [6, 6.07) is 2.06. The number of rotatable bonds is 2. The fraction of sp³-hybridized carbons (Fsp3) is 0.0833. The average Bonchev–Trinajstić information content (AvgIpc) is 2.58. The third-order valence-corrected chi connectivity index (χ3v) is 3.36. The van der Waals surface area contributed by atoms with Crippen molar-refractivity contribution < 1.29 is 4.92 Å². The van der Waals surface area contributed by atoms with E-state index in [9.17, 15) is 10.1 Å². The average molecular weight is 259 g/mol. The van der Waals surface area contributed by atoms with Crippen molar-refractivity contribution in [2.24, 2.45) is 0 Å². The maximum Gasteiger partial charge on any atom is 0.265 e. The van der Waals surface area contributed by atoms with Crippen LogP contribution >= 0.6 is 11.3 Å². The molecule has 18 heavy (non-hydrogen) atoms. The summed E-state index contributed by atoms with van der Waals surface area (Å²) in [4.78, 5) is 10.2. The molecule has 90 valence electrons. The Balaban J connectivity index is 2.38. The Morgan fingerprint density at radius 2 is 2.22 bits per heavy atom. The van der Waals surface area contributed by atoms with Crippen LogP contribution in [0, 0.1) is 21.4 Å². The van der Waals surface area contributed by atoms with Gasteiger partial charge in [0.15, 0.2) is 0 Å². The van der Waals surface area contributed by atoms with Gasteiger partial charge in [0.25, 0.3) is 5.70 Å². The van der Waals surface area contributed by atoms with Crippen molar-refractivity contribution in [2.45, 2.75) is 6.42 Å². The lowest BCUT2D eigenvalue weighted by atomic mass is 10.0. The molecule has 0 amide bonds. The number of nitrogens with two attached hydrogens (primary N) is 1. The van der Waals surface area contributed by atoms with Gasteiger partial charge in [0.2, 0.25) is 0 Å². The number of nitro groups is 1. The maximum absolute atomic E-state index is 10.7. The molecule has 1 heterocycles. The molecule has 0 aromatic carbocycles. The summed E-state index contributed by atoms with van der Waals surface area (Å²) in [5.74, 6) is 0. The molecule has 0 aliphatic heterocycles. The maximum atomic E-state index is 10.7. The van der Waals surface area contributed by atoms with Crippen LogP contribution in [-0.4, -0.2) is 4.92 Å². The van der Waals surface area contributed by atoms with Gasteiger partial charge in [0.05, 0.1) is 10.5 Å². The second-order valence-corrected chi connectivity index (χ2v) is 4.53. The fourth-order valence-electron chi connectivity index (χ4n) is 1.65. The van der Waals surface area contributed by atoms with Crippen molar-refractivity contribution in [1.82, 2.24) is 0 Å². The van der Waals surface area contributed by atoms with Gasteiger partial charge >= 0.3 is 0 Å². The summed E-state index contributed by atoms with van der Waals surface area (Å²) < 4.78 is 0. The Hall–Kier alpha value is -2.39. The van der Waals surface area contributed by atoms with Crippen LogP contribution in [-0.2, 0) is 0 Å². The third kappa shape index (κ3) is 2.17. The second kappa shape index (κ2) is 4.85. The van der Waals surface area contributed by atoms with Crippen LogP contribution in [0.25, 0.3) is 5.57 Å². The van der Waals surface area contributed by atoms with E-state index in [-0.39, 0.29) is 5.70 Å². The summed E-state index contributed by atoms with van der Waals surface area (Å²) in [6.07, 6.45) is 6.91. The molecular weight excluding hydrogens is 250 g/mol. The first-order valence-corrected chi connectivity index (χ1v) is 6.01. The number of nitriles is 1. The van der Waals surface area contributed by atoms with Gasteiger partial charge in [-0.25, -0.2) is 0 Å². The predicted molar refractivity (Wildman–Crippen MR) is 70.3 cm³/mol. The largest absolute Gasteiger partial charge is 0.389 e. The highest BCUT2D eigenvalue weighted by Crippen LogP contribution is 2.31. The standard InChI is InChI=1S/C12H9N3O2S/c13-6-10-11(7-18-12(10)14)8-2-1-3-9(5-4-8)15(16)17/h2-5,7H,1,14H2. The third-order valence-electron chi connectivity index (χ3n) is 2.55. The molecule has 2 N–H and O–H groups in total. The number of allylic oxidation sites excluding steroid dienone is 5. The number of nitrogen functional groups attached to an aromatic ring is 1. The first kappa shape index (κ1) is 12.1. The van der Waals surface area contributed by atoms with Crippen molar-refractivity contribution in [3.63, 3.8) is 0 Å². The topological polar surface area (TPSA) is 92.9 Å². The van der Waals surface area contributed by atoms with E-state index in [0.29, 0.717) is 17.0 Å². The van der Waals surface area contributed by atoms with E-state index in [1.165, 1.54) is 23.5 Å². The van der Waals surface area contributed by atoms with E-state index in [4.69, 9.17) is 11.0 Å². The highest BCUT2D eigenvalue weighted by Gasteiger charge is 2.14. The minimum Gasteiger partial charge on any atom is -0.389 e. The van der Waals surface area contributed by atoms with Crippen LogP contribution in [0.15, 0.2) is 35.4 Å². The van der Waals surface area contributed by atoms with Crippen LogP contribution in [0.1, 0.15) is 17.5 Å². The molecule has 5 nitrogen and oxygen atoms in total. The van der Waals surface area contributed by atoms with Gasteiger partial charge in [0, 0.05) is 17.0 Å². The Kier molecular flexibility index (Phi) is 3.26. The van der Waals surface area contributed by atoms with Gasteiger partial charge in [-0.2, -0.15) is 5.26 Å². The number of hydrogen-bond donors (Lipinski definition) is 1. The fourth-order valence-corrected chi connectivity index (χ4v) is 2.43. The molecule has 0 atom stereocenters. The van der Waals surface area contributed by atoms with Gasteiger partial charge < -0.3 is 5.73 Å². The minimum atomic E-state index is -0.430. The molecule has 0 fully saturated rings. The molecule has 0 saturated carbocycles. The monoisotopic (exact) mass is 259 g/mol. The summed E-state index contributed by atoms with van der Waals surface area (Å²) in [7, 11) is 0. The normalized spacial score (nSPS) is 14.4. The van der Waals surface area contributed by atoms with E-state index >= 15 is 0 Å². The van der Waals surface area contributed by atoms with Crippen LogP contribution in [0.4, 0.5) is 5.00 Å². The highest BCUT2D eigenvalue weighted by atomic mass is 32.1.